The van der Waals surface area contributed by atoms with Crippen LogP contribution in [0.3, 0.4) is 0 Å². The van der Waals surface area contributed by atoms with E-state index in [1.807, 2.05) is 0 Å². The maximum atomic E-state index is 12.7. The van der Waals surface area contributed by atoms with Crippen molar-refractivity contribution in [1.82, 2.24) is 10.3 Å². The molecule has 2 rings (SSSR count). The predicted octanol–water partition coefficient (Wildman–Crippen LogP) is 1.78. The molecule has 0 spiro atoms. The Bertz CT molecular complexity index is 614. The Balaban J connectivity index is 2.19. The third-order valence-corrected chi connectivity index (χ3v) is 2.62. The number of pyridine rings is 1. The normalized spacial score (nSPS) is 11.7. The molecule has 20 heavy (non-hydrogen) atoms. The molecule has 0 aliphatic rings. The van der Waals surface area contributed by atoms with E-state index in [1.54, 1.807) is 30.3 Å². The highest BCUT2D eigenvalue weighted by Crippen LogP contribution is 2.13. The number of carboxylic acids is 1. The number of nitrogens with zero attached hydrogens (tertiary/aromatic N) is 1. The van der Waals surface area contributed by atoms with Gasteiger partial charge in [0.05, 0.1) is 6.20 Å². The average molecular weight is 274 g/mol. The molecule has 1 amide bonds. The van der Waals surface area contributed by atoms with Crippen molar-refractivity contribution >= 4 is 11.9 Å². The summed E-state index contributed by atoms with van der Waals surface area (Å²) < 4.78 is 12.7. The summed E-state index contributed by atoms with van der Waals surface area (Å²) in [5, 5.41) is 11.5. The lowest BCUT2D eigenvalue weighted by Crippen LogP contribution is -2.34. The van der Waals surface area contributed by atoms with Crippen molar-refractivity contribution in [2.45, 2.75) is 6.04 Å². The second-order valence-electron chi connectivity index (χ2n) is 4.02. The molecule has 0 saturated heterocycles. The van der Waals surface area contributed by atoms with Crippen LogP contribution in [-0.4, -0.2) is 22.0 Å². The fourth-order valence-corrected chi connectivity index (χ4v) is 1.65. The van der Waals surface area contributed by atoms with Crippen molar-refractivity contribution in [1.29, 1.82) is 0 Å². The van der Waals surface area contributed by atoms with Crippen molar-refractivity contribution in [2.75, 3.05) is 0 Å². The summed E-state index contributed by atoms with van der Waals surface area (Å²) >= 11 is 0. The quantitative estimate of drug-likeness (QED) is 0.890. The topological polar surface area (TPSA) is 79.3 Å². The molecule has 0 unspecified atom stereocenters. The van der Waals surface area contributed by atoms with Gasteiger partial charge in [0.15, 0.2) is 6.04 Å². The first-order valence-corrected chi connectivity index (χ1v) is 5.78. The molecular formula is C14H11FN2O3. The Kier molecular flexibility index (Phi) is 4.05. The molecule has 102 valence electrons. The fourth-order valence-electron chi connectivity index (χ4n) is 1.65. The SMILES string of the molecule is O=C(N[C@H](C(=O)O)c1ccccc1)c1ccc(F)cn1. The number of carbonyl (C=O) groups is 2. The number of nitrogens with one attached hydrogen (secondary N) is 1. The number of aromatic nitrogens is 1. The number of halogens is 1. The van der Waals surface area contributed by atoms with Crippen molar-refractivity contribution < 1.29 is 19.1 Å². The summed E-state index contributed by atoms with van der Waals surface area (Å²) in [4.78, 5) is 26.7. The van der Waals surface area contributed by atoms with Crippen LogP contribution in [0.15, 0.2) is 48.7 Å². The van der Waals surface area contributed by atoms with Gasteiger partial charge in [-0.3, -0.25) is 4.79 Å². The van der Waals surface area contributed by atoms with Gasteiger partial charge in [0, 0.05) is 0 Å². The largest absolute Gasteiger partial charge is 0.479 e. The van der Waals surface area contributed by atoms with E-state index in [0.717, 1.165) is 12.3 Å². The van der Waals surface area contributed by atoms with E-state index in [0.29, 0.717) is 5.56 Å². The van der Waals surface area contributed by atoms with Crippen LogP contribution >= 0.6 is 0 Å². The van der Waals surface area contributed by atoms with Gasteiger partial charge in [-0.25, -0.2) is 14.2 Å². The van der Waals surface area contributed by atoms with E-state index >= 15 is 0 Å². The Morgan fingerprint density at radius 1 is 1.15 bits per heavy atom. The zero-order valence-corrected chi connectivity index (χ0v) is 10.3. The first-order valence-electron chi connectivity index (χ1n) is 5.78. The highest BCUT2D eigenvalue weighted by Gasteiger charge is 2.22. The van der Waals surface area contributed by atoms with Crippen LogP contribution < -0.4 is 5.32 Å². The molecule has 1 atom stereocenters. The first kappa shape index (κ1) is 13.7. The number of benzene rings is 1. The molecule has 0 radical (unpaired) electrons. The second-order valence-corrected chi connectivity index (χ2v) is 4.02. The predicted molar refractivity (Wildman–Crippen MR) is 68.5 cm³/mol. The average Bonchev–Trinajstić information content (AvgIpc) is 2.46. The fraction of sp³-hybridized carbons (Fsp3) is 0.0714. The monoisotopic (exact) mass is 274 g/mol. The molecule has 0 aliphatic heterocycles. The van der Waals surface area contributed by atoms with E-state index in [4.69, 9.17) is 0 Å². The van der Waals surface area contributed by atoms with Crippen LogP contribution in [0.1, 0.15) is 22.1 Å². The summed E-state index contributed by atoms with van der Waals surface area (Å²) in [5.41, 5.74) is 0.393. The number of rotatable bonds is 4. The zero-order valence-electron chi connectivity index (χ0n) is 10.3. The van der Waals surface area contributed by atoms with E-state index in [9.17, 15) is 19.1 Å². The van der Waals surface area contributed by atoms with Crippen molar-refractivity contribution in [2.24, 2.45) is 0 Å². The Hall–Kier alpha value is -2.76. The Morgan fingerprint density at radius 2 is 1.85 bits per heavy atom. The minimum Gasteiger partial charge on any atom is -0.479 e. The van der Waals surface area contributed by atoms with Gasteiger partial charge < -0.3 is 10.4 Å². The van der Waals surface area contributed by atoms with Crippen LogP contribution in [0.4, 0.5) is 4.39 Å². The minimum absolute atomic E-state index is 0.0476. The molecule has 0 aliphatic carbocycles. The molecule has 0 bridgehead atoms. The van der Waals surface area contributed by atoms with Gasteiger partial charge in [0.25, 0.3) is 5.91 Å². The van der Waals surface area contributed by atoms with E-state index < -0.39 is 23.7 Å². The molecule has 2 N–H and O–H groups in total. The molecule has 1 heterocycles. The van der Waals surface area contributed by atoms with Crippen molar-refractivity contribution in [3.8, 4) is 0 Å². The Morgan fingerprint density at radius 3 is 2.40 bits per heavy atom. The number of amides is 1. The van der Waals surface area contributed by atoms with Crippen LogP contribution in [0.2, 0.25) is 0 Å². The summed E-state index contributed by atoms with van der Waals surface area (Å²) in [6.07, 6.45) is 0.896. The minimum atomic E-state index is -1.19. The van der Waals surface area contributed by atoms with E-state index in [-0.39, 0.29) is 5.69 Å². The molecule has 5 nitrogen and oxygen atoms in total. The molecule has 1 aromatic carbocycles. The van der Waals surface area contributed by atoms with Gasteiger partial charge >= 0.3 is 5.97 Å². The summed E-state index contributed by atoms with van der Waals surface area (Å²) in [6.45, 7) is 0. The molecular weight excluding hydrogens is 263 g/mol. The lowest BCUT2D eigenvalue weighted by atomic mass is 10.1. The third-order valence-electron chi connectivity index (χ3n) is 2.62. The van der Waals surface area contributed by atoms with Gasteiger partial charge in [-0.05, 0) is 17.7 Å². The van der Waals surface area contributed by atoms with Crippen molar-refractivity contribution in [3.63, 3.8) is 0 Å². The number of aliphatic carboxylic acids is 1. The second kappa shape index (κ2) is 5.92. The van der Waals surface area contributed by atoms with E-state index in [1.165, 1.54) is 6.07 Å². The van der Waals surface area contributed by atoms with Crippen LogP contribution in [0.25, 0.3) is 0 Å². The first-order chi connectivity index (χ1) is 9.58. The number of carbonyl (C=O) groups excluding carboxylic acids is 1. The van der Waals surface area contributed by atoms with Gasteiger partial charge in [0.2, 0.25) is 0 Å². The maximum Gasteiger partial charge on any atom is 0.330 e. The lowest BCUT2D eigenvalue weighted by Gasteiger charge is -2.14. The van der Waals surface area contributed by atoms with Gasteiger partial charge in [-0.1, -0.05) is 30.3 Å². The van der Waals surface area contributed by atoms with Crippen molar-refractivity contribution in [3.05, 3.63) is 65.7 Å². The van der Waals surface area contributed by atoms with E-state index in [2.05, 4.69) is 10.3 Å². The molecule has 1 aromatic heterocycles. The highest BCUT2D eigenvalue weighted by molar-refractivity contribution is 5.95. The zero-order chi connectivity index (χ0) is 14.5. The highest BCUT2D eigenvalue weighted by atomic mass is 19.1. The van der Waals surface area contributed by atoms with Gasteiger partial charge in [-0.2, -0.15) is 0 Å². The summed E-state index contributed by atoms with van der Waals surface area (Å²) in [6, 6.07) is 9.37. The lowest BCUT2D eigenvalue weighted by molar-refractivity contribution is -0.139. The number of carboxylic acid groups (broad SMARTS) is 1. The number of hydrogen-bond donors (Lipinski definition) is 2. The number of hydrogen-bond acceptors (Lipinski definition) is 3. The third kappa shape index (κ3) is 3.17. The molecule has 2 aromatic rings. The van der Waals surface area contributed by atoms with Crippen LogP contribution in [-0.2, 0) is 4.79 Å². The summed E-state index contributed by atoms with van der Waals surface area (Å²) in [5.74, 6) is -2.44. The van der Waals surface area contributed by atoms with Crippen LogP contribution in [0, 0.1) is 5.82 Å². The van der Waals surface area contributed by atoms with Crippen LogP contribution in [0.5, 0.6) is 0 Å². The Labute approximate surface area is 114 Å². The van der Waals surface area contributed by atoms with Gasteiger partial charge in [0.1, 0.15) is 11.5 Å². The standard InChI is InChI=1S/C14H11FN2O3/c15-10-6-7-11(16-8-10)13(18)17-12(14(19)20)9-4-2-1-3-5-9/h1-8,12H,(H,17,18)(H,19,20)/t12-/m0/s1. The maximum absolute atomic E-state index is 12.7. The summed E-state index contributed by atoms with van der Waals surface area (Å²) in [7, 11) is 0. The smallest absolute Gasteiger partial charge is 0.330 e. The van der Waals surface area contributed by atoms with Gasteiger partial charge in [-0.15, -0.1) is 0 Å². The molecule has 0 fully saturated rings. The molecule has 0 saturated carbocycles. The molecule has 6 heteroatoms.